The van der Waals surface area contributed by atoms with E-state index in [0.717, 1.165) is 0 Å². The highest BCUT2D eigenvalue weighted by Gasteiger charge is 2.38. The van der Waals surface area contributed by atoms with Gasteiger partial charge in [-0.3, -0.25) is 0 Å². The van der Waals surface area contributed by atoms with Gasteiger partial charge in [-0.05, 0) is 23.8 Å². The van der Waals surface area contributed by atoms with Crippen LogP contribution in [0.25, 0.3) is 0 Å². The van der Waals surface area contributed by atoms with Crippen molar-refractivity contribution < 1.29 is 0 Å². The molecule has 14 heavy (non-hydrogen) atoms. The van der Waals surface area contributed by atoms with E-state index in [-0.39, 0.29) is 0 Å². The highest BCUT2D eigenvalue weighted by Crippen LogP contribution is 2.47. The van der Waals surface area contributed by atoms with E-state index in [4.69, 9.17) is 0 Å². The summed E-state index contributed by atoms with van der Waals surface area (Å²) in [5, 5.41) is 0. The quantitative estimate of drug-likeness (QED) is 0.600. The lowest BCUT2D eigenvalue weighted by molar-refractivity contribution is 0.788. The van der Waals surface area contributed by atoms with E-state index >= 15 is 0 Å². The molecule has 1 aromatic rings. The lowest BCUT2D eigenvalue weighted by atomic mass is 9.99. The van der Waals surface area contributed by atoms with Crippen LogP contribution in [0.1, 0.15) is 53.0 Å². The Kier molecular flexibility index (Phi) is 6.27. The summed E-state index contributed by atoms with van der Waals surface area (Å²) in [4.78, 5) is 0. The fraction of sp³-hybridized carbons (Fsp3) is 0.571. The lowest BCUT2D eigenvalue weighted by Gasteiger charge is -2.06. The minimum Gasteiger partial charge on any atom is -0.0683 e. The molecule has 0 atom stereocenters. The second-order valence-electron chi connectivity index (χ2n) is 3.43. The predicted octanol–water partition coefficient (Wildman–Crippen LogP) is 4.79. The minimum atomic E-state index is 0.543. The number of benzene rings is 1. The first-order valence-electron chi connectivity index (χ1n) is 5.87. The van der Waals surface area contributed by atoms with Crippen molar-refractivity contribution in [3.8, 4) is 0 Å². The van der Waals surface area contributed by atoms with Gasteiger partial charge in [0.25, 0.3) is 0 Å². The Bertz CT molecular complexity index is 219. The van der Waals surface area contributed by atoms with Crippen LogP contribution in [0.3, 0.4) is 0 Å². The van der Waals surface area contributed by atoms with Gasteiger partial charge in [0.15, 0.2) is 0 Å². The summed E-state index contributed by atoms with van der Waals surface area (Å²) < 4.78 is 0. The molecule has 0 radical (unpaired) electrons. The van der Waals surface area contributed by atoms with E-state index in [2.05, 4.69) is 37.3 Å². The highest BCUT2D eigenvalue weighted by atomic mass is 14.4. The highest BCUT2D eigenvalue weighted by molar-refractivity contribution is 5.29. The molecule has 0 N–H and O–H groups in total. The van der Waals surface area contributed by atoms with Gasteiger partial charge in [0.1, 0.15) is 0 Å². The molecule has 0 amide bonds. The van der Waals surface area contributed by atoms with Crippen LogP contribution in [0.15, 0.2) is 30.3 Å². The first-order valence-corrected chi connectivity index (χ1v) is 5.87. The van der Waals surface area contributed by atoms with Crippen molar-refractivity contribution in [2.75, 3.05) is 0 Å². The maximum absolute atomic E-state index is 2.34. The number of rotatable bonds is 1. The van der Waals surface area contributed by atoms with E-state index in [9.17, 15) is 0 Å². The Hall–Kier alpha value is -0.780. The van der Waals surface area contributed by atoms with E-state index in [0.29, 0.717) is 5.41 Å². The van der Waals surface area contributed by atoms with Crippen LogP contribution in [-0.2, 0) is 5.41 Å². The van der Waals surface area contributed by atoms with Gasteiger partial charge in [-0.1, -0.05) is 65.0 Å². The lowest BCUT2D eigenvalue weighted by Crippen LogP contribution is -1.97. The zero-order valence-corrected chi connectivity index (χ0v) is 10.3. The molecule has 0 bridgehead atoms. The molecule has 1 aliphatic rings. The monoisotopic (exact) mass is 192 g/mol. The predicted molar refractivity (Wildman–Crippen MR) is 65.7 cm³/mol. The Labute approximate surface area is 89.4 Å². The van der Waals surface area contributed by atoms with Gasteiger partial charge in [-0.15, -0.1) is 0 Å². The van der Waals surface area contributed by atoms with Crippen molar-refractivity contribution in [1.29, 1.82) is 0 Å². The maximum atomic E-state index is 2.34. The van der Waals surface area contributed by atoms with Crippen molar-refractivity contribution in [3.05, 3.63) is 35.9 Å². The van der Waals surface area contributed by atoms with E-state index in [1.807, 2.05) is 27.7 Å². The smallest absolute Gasteiger partial charge is 0.00746 e. The SMILES string of the molecule is CC.CC.CC1(c2ccccc2)CC1. The van der Waals surface area contributed by atoms with Gasteiger partial charge in [0, 0.05) is 0 Å². The molecule has 1 fully saturated rings. The number of hydrogen-bond donors (Lipinski definition) is 0. The Morgan fingerprint density at radius 2 is 1.29 bits per heavy atom. The maximum Gasteiger partial charge on any atom is -0.00746 e. The Morgan fingerprint density at radius 1 is 0.857 bits per heavy atom. The fourth-order valence-corrected chi connectivity index (χ4v) is 1.32. The molecule has 0 unspecified atom stereocenters. The first kappa shape index (κ1) is 13.2. The third-order valence-electron chi connectivity index (χ3n) is 2.47. The van der Waals surface area contributed by atoms with Crippen LogP contribution < -0.4 is 0 Å². The molecule has 1 aromatic carbocycles. The van der Waals surface area contributed by atoms with Crippen LogP contribution in [0.5, 0.6) is 0 Å². The Balaban J connectivity index is 0.000000379. The zero-order chi connectivity index (χ0) is 11.0. The molecule has 80 valence electrons. The second kappa shape index (κ2) is 6.64. The summed E-state index contributed by atoms with van der Waals surface area (Å²) in [7, 11) is 0. The van der Waals surface area contributed by atoms with Crippen molar-refractivity contribution in [2.24, 2.45) is 0 Å². The van der Waals surface area contributed by atoms with Crippen LogP contribution in [-0.4, -0.2) is 0 Å². The Morgan fingerprint density at radius 3 is 1.64 bits per heavy atom. The summed E-state index contributed by atoms with van der Waals surface area (Å²) in [6, 6.07) is 10.8. The van der Waals surface area contributed by atoms with Gasteiger partial charge in [-0.2, -0.15) is 0 Å². The zero-order valence-electron chi connectivity index (χ0n) is 10.3. The normalized spacial score (nSPS) is 15.5. The topological polar surface area (TPSA) is 0 Å². The van der Waals surface area contributed by atoms with Gasteiger partial charge >= 0.3 is 0 Å². The molecule has 0 spiro atoms. The van der Waals surface area contributed by atoms with Crippen LogP contribution in [0, 0.1) is 0 Å². The second-order valence-corrected chi connectivity index (χ2v) is 3.43. The summed E-state index contributed by atoms with van der Waals surface area (Å²) in [6.45, 7) is 10.3. The van der Waals surface area contributed by atoms with E-state index in [1.54, 1.807) is 0 Å². The molecule has 2 rings (SSSR count). The molecule has 0 heterocycles. The molecule has 0 saturated heterocycles. The molecule has 1 aliphatic carbocycles. The van der Waals surface area contributed by atoms with Crippen molar-refractivity contribution in [1.82, 2.24) is 0 Å². The van der Waals surface area contributed by atoms with Gasteiger partial charge < -0.3 is 0 Å². The first-order chi connectivity index (χ1) is 6.81. The molecule has 0 aromatic heterocycles. The molecule has 0 nitrogen and oxygen atoms in total. The summed E-state index contributed by atoms with van der Waals surface area (Å²) in [5.41, 5.74) is 2.05. The molecule has 0 aliphatic heterocycles. The van der Waals surface area contributed by atoms with Crippen LogP contribution in [0.2, 0.25) is 0 Å². The largest absolute Gasteiger partial charge is 0.0683 e. The van der Waals surface area contributed by atoms with E-state index < -0.39 is 0 Å². The third-order valence-corrected chi connectivity index (χ3v) is 2.47. The number of hydrogen-bond acceptors (Lipinski definition) is 0. The average molecular weight is 192 g/mol. The summed E-state index contributed by atoms with van der Waals surface area (Å²) in [5.74, 6) is 0. The van der Waals surface area contributed by atoms with Gasteiger partial charge in [-0.25, -0.2) is 0 Å². The van der Waals surface area contributed by atoms with Crippen molar-refractivity contribution in [2.45, 2.75) is 52.9 Å². The molecule has 0 heteroatoms. The average Bonchev–Trinajstić information content (AvgIpc) is 3.05. The van der Waals surface area contributed by atoms with Gasteiger partial charge in [0.2, 0.25) is 0 Å². The minimum absolute atomic E-state index is 0.543. The third kappa shape index (κ3) is 3.53. The van der Waals surface area contributed by atoms with Gasteiger partial charge in [0.05, 0.1) is 0 Å². The molecular formula is C14H24. The summed E-state index contributed by atoms with van der Waals surface area (Å²) in [6.07, 6.45) is 2.74. The van der Waals surface area contributed by atoms with Crippen molar-refractivity contribution in [3.63, 3.8) is 0 Å². The molecule has 1 saturated carbocycles. The van der Waals surface area contributed by atoms with Crippen LogP contribution >= 0.6 is 0 Å². The van der Waals surface area contributed by atoms with Crippen molar-refractivity contribution >= 4 is 0 Å². The van der Waals surface area contributed by atoms with Crippen LogP contribution in [0.4, 0.5) is 0 Å². The summed E-state index contributed by atoms with van der Waals surface area (Å²) >= 11 is 0. The molecular weight excluding hydrogens is 168 g/mol. The standard InChI is InChI=1S/C10H12.2C2H6/c1-10(7-8-10)9-5-3-2-4-6-9;2*1-2/h2-6H,7-8H2,1H3;2*1-2H3. The fourth-order valence-electron chi connectivity index (χ4n) is 1.32. The van der Waals surface area contributed by atoms with E-state index in [1.165, 1.54) is 18.4 Å².